The molecule has 0 radical (unpaired) electrons. The number of benzene rings is 1. The lowest BCUT2D eigenvalue weighted by Gasteiger charge is -2.22. The van der Waals surface area contributed by atoms with Crippen molar-refractivity contribution in [3.05, 3.63) is 35.9 Å². The van der Waals surface area contributed by atoms with Crippen molar-refractivity contribution in [3.63, 3.8) is 0 Å². The van der Waals surface area contributed by atoms with E-state index in [4.69, 9.17) is 10.8 Å². The minimum Gasteiger partial charge on any atom is -0.481 e. The highest BCUT2D eigenvalue weighted by Gasteiger charge is 2.28. The van der Waals surface area contributed by atoms with Crippen LogP contribution in [0.15, 0.2) is 30.3 Å². The van der Waals surface area contributed by atoms with Gasteiger partial charge in [0.15, 0.2) is 0 Å². The number of aliphatic carboxylic acids is 2. The van der Waals surface area contributed by atoms with Crippen molar-refractivity contribution in [2.75, 3.05) is 12.0 Å². The molecule has 1 aromatic carbocycles. The third kappa shape index (κ3) is 9.44. The van der Waals surface area contributed by atoms with Gasteiger partial charge >= 0.3 is 11.9 Å². The zero-order chi connectivity index (χ0) is 21.8. The molecule has 10 heteroatoms. The Balaban J connectivity index is 2.83. The van der Waals surface area contributed by atoms with Crippen LogP contribution in [0.2, 0.25) is 0 Å². The Labute approximate surface area is 173 Å². The van der Waals surface area contributed by atoms with Gasteiger partial charge in [0.2, 0.25) is 11.8 Å². The van der Waals surface area contributed by atoms with Crippen LogP contribution in [0.1, 0.15) is 24.8 Å². The quantitative estimate of drug-likeness (QED) is 0.300. The van der Waals surface area contributed by atoms with Gasteiger partial charge in [0.25, 0.3) is 0 Å². The third-order valence-electron chi connectivity index (χ3n) is 4.15. The maximum absolute atomic E-state index is 12.6. The number of rotatable bonds is 13. The normalized spacial score (nSPS) is 13.7. The Morgan fingerprint density at radius 1 is 1.00 bits per heavy atom. The first-order valence-corrected chi connectivity index (χ1v) is 10.5. The van der Waals surface area contributed by atoms with Crippen molar-refractivity contribution in [1.29, 1.82) is 0 Å². The van der Waals surface area contributed by atoms with Crippen molar-refractivity contribution in [2.24, 2.45) is 5.73 Å². The van der Waals surface area contributed by atoms with Crippen molar-refractivity contribution in [3.8, 4) is 0 Å². The highest BCUT2D eigenvalue weighted by atomic mass is 32.2. The van der Waals surface area contributed by atoms with Gasteiger partial charge in [-0.1, -0.05) is 30.3 Å². The maximum Gasteiger partial charge on any atom is 0.326 e. The summed E-state index contributed by atoms with van der Waals surface area (Å²) >= 11 is 1.52. The Morgan fingerprint density at radius 2 is 1.62 bits per heavy atom. The number of carbonyl (C=O) groups excluding carboxylic acids is 2. The van der Waals surface area contributed by atoms with Crippen molar-refractivity contribution in [1.82, 2.24) is 10.6 Å². The predicted molar refractivity (Wildman–Crippen MR) is 109 cm³/mol. The van der Waals surface area contributed by atoms with Crippen molar-refractivity contribution >= 4 is 35.5 Å². The lowest BCUT2D eigenvalue weighted by atomic mass is 10.0. The van der Waals surface area contributed by atoms with Crippen LogP contribution >= 0.6 is 11.8 Å². The van der Waals surface area contributed by atoms with E-state index in [1.807, 2.05) is 6.26 Å². The molecule has 9 nitrogen and oxygen atoms in total. The second-order valence-electron chi connectivity index (χ2n) is 6.47. The summed E-state index contributed by atoms with van der Waals surface area (Å²) in [6.07, 6.45) is 1.77. The molecule has 0 aliphatic carbocycles. The van der Waals surface area contributed by atoms with Gasteiger partial charge in [-0.15, -0.1) is 0 Å². The summed E-state index contributed by atoms with van der Waals surface area (Å²) in [5.41, 5.74) is 6.51. The number of hydrogen-bond acceptors (Lipinski definition) is 6. The molecule has 1 rings (SSSR count). The summed E-state index contributed by atoms with van der Waals surface area (Å²) in [4.78, 5) is 47.3. The van der Waals surface area contributed by atoms with Gasteiger partial charge < -0.3 is 26.6 Å². The largest absolute Gasteiger partial charge is 0.481 e. The molecule has 0 aliphatic heterocycles. The summed E-state index contributed by atoms with van der Waals surface area (Å²) in [7, 11) is 0. The molecule has 29 heavy (non-hydrogen) atoms. The smallest absolute Gasteiger partial charge is 0.326 e. The highest BCUT2D eigenvalue weighted by molar-refractivity contribution is 7.98. The average molecular weight is 426 g/mol. The van der Waals surface area contributed by atoms with Crippen LogP contribution in [0.5, 0.6) is 0 Å². The van der Waals surface area contributed by atoms with E-state index in [0.29, 0.717) is 17.7 Å². The molecule has 0 aromatic heterocycles. The molecule has 0 saturated carbocycles. The van der Waals surface area contributed by atoms with E-state index in [2.05, 4.69) is 10.6 Å². The molecule has 0 fully saturated rings. The van der Waals surface area contributed by atoms with Crippen LogP contribution in [0.4, 0.5) is 0 Å². The Hall–Kier alpha value is -2.59. The van der Waals surface area contributed by atoms with Crippen molar-refractivity contribution in [2.45, 2.75) is 43.8 Å². The van der Waals surface area contributed by atoms with Gasteiger partial charge in [0.1, 0.15) is 12.1 Å². The van der Waals surface area contributed by atoms with Gasteiger partial charge in [-0.25, -0.2) is 4.79 Å². The molecule has 0 unspecified atom stereocenters. The topological polar surface area (TPSA) is 159 Å². The molecule has 160 valence electrons. The summed E-state index contributed by atoms with van der Waals surface area (Å²) < 4.78 is 0. The van der Waals surface area contributed by atoms with Gasteiger partial charge in [-0.2, -0.15) is 11.8 Å². The minimum atomic E-state index is -1.23. The monoisotopic (exact) mass is 425 g/mol. The Bertz CT molecular complexity index is 700. The third-order valence-corrected chi connectivity index (χ3v) is 4.79. The van der Waals surface area contributed by atoms with Crippen LogP contribution in [0.3, 0.4) is 0 Å². The molecule has 2 amide bonds. The SMILES string of the molecule is CSCC[C@H](N)C(=O)N[C@@H](CCC(=O)O)C(=O)N[C@@H](Cc1ccccc1)C(=O)O. The van der Waals surface area contributed by atoms with Crippen LogP contribution in [-0.4, -0.2) is 64.1 Å². The summed E-state index contributed by atoms with van der Waals surface area (Å²) in [5.74, 6) is -3.07. The van der Waals surface area contributed by atoms with Gasteiger partial charge in [-0.3, -0.25) is 14.4 Å². The molecule has 0 heterocycles. The fourth-order valence-corrected chi connectivity index (χ4v) is 3.00. The van der Waals surface area contributed by atoms with Gasteiger partial charge in [0, 0.05) is 12.8 Å². The molecule has 0 aliphatic rings. The Morgan fingerprint density at radius 3 is 2.17 bits per heavy atom. The average Bonchev–Trinajstić information content (AvgIpc) is 2.68. The molecular weight excluding hydrogens is 398 g/mol. The number of carbonyl (C=O) groups is 4. The van der Waals surface area contributed by atoms with Crippen LogP contribution in [-0.2, 0) is 25.6 Å². The number of nitrogens with two attached hydrogens (primary N) is 1. The predicted octanol–water partition coefficient (Wildman–Crippen LogP) is 0.229. The summed E-state index contributed by atoms with van der Waals surface area (Å²) in [6.45, 7) is 0. The summed E-state index contributed by atoms with van der Waals surface area (Å²) in [5, 5.41) is 23.2. The van der Waals surface area contributed by atoms with E-state index in [1.165, 1.54) is 11.8 Å². The zero-order valence-corrected chi connectivity index (χ0v) is 17.0. The van der Waals surface area contributed by atoms with E-state index < -0.39 is 41.9 Å². The molecule has 6 N–H and O–H groups in total. The van der Waals surface area contributed by atoms with Crippen LogP contribution < -0.4 is 16.4 Å². The van der Waals surface area contributed by atoms with E-state index >= 15 is 0 Å². The molecular formula is C19H27N3O6S. The first-order chi connectivity index (χ1) is 13.7. The number of hydrogen-bond donors (Lipinski definition) is 5. The standard InChI is InChI=1S/C19H27N3O6S/c1-29-10-9-13(20)17(25)21-14(7-8-16(23)24)18(26)22-15(19(27)28)11-12-5-3-2-4-6-12/h2-6,13-15H,7-11,20H2,1H3,(H,21,25)(H,22,26)(H,23,24)(H,27,28)/t13-,14-,15-/m0/s1. The highest BCUT2D eigenvalue weighted by Crippen LogP contribution is 2.06. The van der Waals surface area contributed by atoms with Crippen molar-refractivity contribution < 1.29 is 29.4 Å². The number of carboxylic acid groups (broad SMARTS) is 2. The van der Waals surface area contributed by atoms with E-state index in [0.717, 1.165) is 0 Å². The van der Waals surface area contributed by atoms with E-state index in [1.54, 1.807) is 30.3 Å². The molecule has 0 spiro atoms. The number of amides is 2. The number of carboxylic acids is 2. The van der Waals surface area contributed by atoms with Gasteiger partial charge in [0.05, 0.1) is 6.04 Å². The fourth-order valence-electron chi connectivity index (χ4n) is 2.51. The zero-order valence-electron chi connectivity index (χ0n) is 16.2. The second kappa shape index (κ2) is 12.8. The lowest BCUT2D eigenvalue weighted by Crippen LogP contribution is -2.55. The Kier molecular flexibility index (Phi) is 10.8. The first kappa shape index (κ1) is 24.4. The first-order valence-electron chi connectivity index (χ1n) is 9.08. The molecule has 0 saturated heterocycles. The fraction of sp³-hybridized carbons (Fsp3) is 0.474. The number of thioether (sulfide) groups is 1. The maximum atomic E-state index is 12.6. The molecule has 1 aromatic rings. The van der Waals surface area contributed by atoms with E-state index in [9.17, 15) is 24.3 Å². The summed E-state index contributed by atoms with van der Waals surface area (Å²) in [6, 6.07) is 5.49. The van der Waals surface area contributed by atoms with Crippen LogP contribution in [0, 0.1) is 0 Å². The minimum absolute atomic E-state index is 0.0503. The molecule has 0 bridgehead atoms. The number of nitrogens with one attached hydrogen (secondary N) is 2. The van der Waals surface area contributed by atoms with E-state index in [-0.39, 0.29) is 19.3 Å². The van der Waals surface area contributed by atoms with Crippen LogP contribution in [0.25, 0.3) is 0 Å². The molecule has 3 atom stereocenters. The lowest BCUT2D eigenvalue weighted by molar-refractivity contribution is -0.143. The van der Waals surface area contributed by atoms with Gasteiger partial charge in [-0.05, 0) is 30.4 Å². The second-order valence-corrected chi connectivity index (χ2v) is 7.46.